The molecule has 0 N–H and O–H groups in total. The number of aryl methyl sites for hydroxylation is 1. The third-order valence-corrected chi connectivity index (χ3v) is 5.76. The predicted octanol–water partition coefficient (Wildman–Crippen LogP) is 1.99. The average molecular weight is 319 g/mol. The lowest BCUT2D eigenvalue weighted by atomic mass is 10.2. The largest absolute Gasteiger partial charge is 0.744 e. The summed E-state index contributed by atoms with van der Waals surface area (Å²) < 4.78 is 34.9. The minimum Gasteiger partial charge on any atom is -0.744 e. The number of hydrogen-bond acceptors (Lipinski definition) is 5. The number of benzene rings is 1. The molecule has 0 amide bonds. The lowest BCUT2D eigenvalue weighted by Gasteiger charge is -2.05. The van der Waals surface area contributed by atoms with Crippen molar-refractivity contribution in [3.8, 4) is 0 Å². The van der Waals surface area contributed by atoms with Gasteiger partial charge < -0.3 is 4.55 Å². The lowest BCUT2D eigenvalue weighted by molar-refractivity contribution is -0.483. The van der Waals surface area contributed by atoms with Crippen LogP contribution in [-0.4, -0.2) is 47.5 Å². The molecular weight excluding hydrogens is 302 g/mol. The Bertz CT molecular complexity index is 550. The van der Waals surface area contributed by atoms with E-state index in [1.807, 2.05) is 30.4 Å². The molecule has 0 fully saturated rings. The Morgan fingerprint density at radius 2 is 1.89 bits per heavy atom. The normalized spacial score (nSPS) is 15.2. The van der Waals surface area contributed by atoms with Gasteiger partial charge >= 0.3 is 0 Å². The molecule has 0 spiro atoms. The Labute approximate surface area is 123 Å². The fourth-order valence-corrected chi connectivity index (χ4v) is 3.84. The zero-order valence-corrected chi connectivity index (χ0v) is 13.6. The van der Waals surface area contributed by atoms with E-state index in [4.69, 9.17) is 0 Å². The second-order valence-corrected chi connectivity index (χ2v) is 7.52. The van der Waals surface area contributed by atoms with Crippen LogP contribution in [0.25, 0.3) is 0 Å². The van der Waals surface area contributed by atoms with Gasteiger partial charge in [0.15, 0.2) is 6.54 Å². The van der Waals surface area contributed by atoms with E-state index in [0.29, 0.717) is 0 Å². The summed E-state index contributed by atoms with van der Waals surface area (Å²) in [7, 11) is -2.12. The highest BCUT2D eigenvalue weighted by molar-refractivity contribution is 8.38. The SMILES string of the molecule is CSC1=[N+](C)CCS1.Cc1ccc(S(=O)(=O)[O-])cc1. The van der Waals surface area contributed by atoms with Gasteiger partial charge in [0.05, 0.1) is 10.6 Å². The first-order valence-electron chi connectivity index (χ1n) is 5.62. The second kappa shape index (κ2) is 7.33. The van der Waals surface area contributed by atoms with Crippen LogP contribution in [-0.2, 0) is 10.1 Å². The maximum atomic E-state index is 10.4. The quantitative estimate of drug-likeness (QED) is 0.585. The Morgan fingerprint density at radius 3 is 2.21 bits per heavy atom. The maximum Gasteiger partial charge on any atom is 0.269 e. The highest BCUT2D eigenvalue weighted by Crippen LogP contribution is 2.18. The van der Waals surface area contributed by atoms with Crippen molar-refractivity contribution in [2.75, 3.05) is 25.6 Å². The molecule has 0 aliphatic carbocycles. The van der Waals surface area contributed by atoms with E-state index < -0.39 is 10.1 Å². The first kappa shape index (κ1) is 16.6. The van der Waals surface area contributed by atoms with Gasteiger partial charge in [-0.05, 0) is 37.1 Å². The van der Waals surface area contributed by atoms with Gasteiger partial charge in [0.2, 0.25) is 0 Å². The Hall–Kier alpha value is -0.500. The highest BCUT2D eigenvalue weighted by Gasteiger charge is 2.17. The molecule has 1 aromatic rings. The van der Waals surface area contributed by atoms with Gasteiger partial charge in [-0.3, -0.25) is 0 Å². The third kappa shape index (κ3) is 5.56. The van der Waals surface area contributed by atoms with Crippen LogP contribution in [0.1, 0.15) is 5.56 Å². The Morgan fingerprint density at radius 1 is 1.32 bits per heavy atom. The van der Waals surface area contributed by atoms with Crippen molar-refractivity contribution in [1.29, 1.82) is 0 Å². The summed E-state index contributed by atoms with van der Waals surface area (Å²) in [5.74, 6) is 1.27. The molecule has 0 bridgehead atoms. The van der Waals surface area contributed by atoms with E-state index in [2.05, 4.69) is 17.9 Å². The molecule has 0 saturated heterocycles. The molecule has 106 valence electrons. The standard InChI is InChI=1S/C7H8O3S.C5H10NS2/c1-6-2-4-7(5-3-6)11(8,9)10;1-6-3-4-8-5(6)7-2/h2-5H,1H3,(H,8,9,10);3-4H2,1-2H3/q;+1/p-1. The van der Waals surface area contributed by atoms with E-state index in [9.17, 15) is 13.0 Å². The van der Waals surface area contributed by atoms with E-state index in [1.54, 1.807) is 12.1 Å². The van der Waals surface area contributed by atoms with Crippen molar-refractivity contribution in [2.45, 2.75) is 11.8 Å². The molecule has 0 radical (unpaired) electrons. The summed E-state index contributed by atoms with van der Waals surface area (Å²) in [6.07, 6.45) is 2.13. The summed E-state index contributed by atoms with van der Waals surface area (Å²) in [6, 6.07) is 5.78. The minimum atomic E-state index is -4.27. The van der Waals surface area contributed by atoms with E-state index in [1.165, 1.54) is 28.8 Å². The maximum absolute atomic E-state index is 10.4. The van der Waals surface area contributed by atoms with Crippen molar-refractivity contribution < 1.29 is 17.5 Å². The monoisotopic (exact) mass is 319 g/mol. The highest BCUT2D eigenvalue weighted by atomic mass is 32.2. The van der Waals surface area contributed by atoms with Gasteiger partial charge in [0.25, 0.3) is 4.38 Å². The number of nitrogens with zero attached hydrogens (tertiary/aromatic N) is 1. The molecule has 7 heteroatoms. The minimum absolute atomic E-state index is 0.178. The van der Waals surface area contributed by atoms with Crippen LogP contribution < -0.4 is 0 Å². The van der Waals surface area contributed by atoms with E-state index in [0.717, 1.165) is 5.56 Å². The van der Waals surface area contributed by atoms with Crippen molar-refractivity contribution in [3.63, 3.8) is 0 Å². The Balaban J connectivity index is 0.000000200. The van der Waals surface area contributed by atoms with Crippen LogP contribution in [0.3, 0.4) is 0 Å². The van der Waals surface area contributed by atoms with Gasteiger partial charge in [-0.25, -0.2) is 13.0 Å². The van der Waals surface area contributed by atoms with E-state index in [-0.39, 0.29) is 4.90 Å². The van der Waals surface area contributed by atoms with Gasteiger partial charge in [-0.2, -0.15) is 0 Å². The van der Waals surface area contributed by atoms with Crippen LogP contribution in [0, 0.1) is 6.92 Å². The third-order valence-electron chi connectivity index (χ3n) is 2.45. The summed E-state index contributed by atoms with van der Waals surface area (Å²) in [6.45, 7) is 3.04. The fourth-order valence-electron chi connectivity index (χ4n) is 1.39. The molecule has 2 rings (SSSR count). The summed E-state index contributed by atoms with van der Waals surface area (Å²) in [4.78, 5) is -0.178. The molecule has 19 heavy (non-hydrogen) atoms. The molecule has 0 aromatic heterocycles. The summed E-state index contributed by atoms with van der Waals surface area (Å²) in [5.41, 5.74) is 0.928. The number of thioether (sulfide) groups is 2. The molecule has 1 heterocycles. The Kier molecular flexibility index (Phi) is 6.38. The second-order valence-electron chi connectivity index (χ2n) is 4.01. The van der Waals surface area contributed by atoms with Gasteiger partial charge in [0.1, 0.15) is 17.2 Å². The molecular formula is C12H17NO3S3. The lowest BCUT2D eigenvalue weighted by Crippen LogP contribution is -2.05. The van der Waals surface area contributed by atoms with Gasteiger partial charge in [-0.15, -0.1) is 0 Å². The van der Waals surface area contributed by atoms with Crippen molar-refractivity contribution in [3.05, 3.63) is 29.8 Å². The molecule has 4 nitrogen and oxygen atoms in total. The first-order chi connectivity index (χ1) is 8.84. The van der Waals surface area contributed by atoms with Crippen LogP contribution in [0.2, 0.25) is 0 Å². The molecule has 1 aliphatic rings. The van der Waals surface area contributed by atoms with Crippen LogP contribution in [0.5, 0.6) is 0 Å². The molecule has 1 aliphatic heterocycles. The van der Waals surface area contributed by atoms with Gasteiger partial charge in [0, 0.05) is 0 Å². The first-order valence-corrected chi connectivity index (χ1v) is 9.24. The van der Waals surface area contributed by atoms with Gasteiger partial charge in [-0.1, -0.05) is 29.5 Å². The van der Waals surface area contributed by atoms with Crippen LogP contribution >= 0.6 is 23.5 Å². The molecule has 1 aromatic carbocycles. The molecule has 0 atom stereocenters. The summed E-state index contributed by atoms with van der Waals surface area (Å²) in [5, 5.41) is 0. The summed E-state index contributed by atoms with van der Waals surface area (Å²) >= 11 is 3.80. The molecule has 0 unspecified atom stereocenters. The van der Waals surface area contributed by atoms with Crippen molar-refractivity contribution >= 4 is 38.0 Å². The number of hydrogen-bond donors (Lipinski definition) is 0. The van der Waals surface area contributed by atoms with Crippen molar-refractivity contribution in [1.82, 2.24) is 0 Å². The zero-order valence-electron chi connectivity index (χ0n) is 11.1. The molecule has 0 saturated carbocycles. The van der Waals surface area contributed by atoms with Crippen LogP contribution in [0.15, 0.2) is 29.2 Å². The fraction of sp³-hybridized carbons (Fsp3) is 0.417. The van der Waals surface area contributed by atoms with Crippen molar-refractivity contribution in [2.24, 2.45) is 0 Å². The topological polar surface area (TPSA) is 60.2 Å². The average Bonchev–Trinajstić information content (AvgIpc) is 2.75. The number of rotatable bonds is 1. The zero-order chi connectivity index (χ0) is 14.5. The van der Waals surface area contributed by atoms with E-state index >= 15 is 0 Å². The smallest absolute Gasteiger partial charge is 0.269 e. The van der Waals surface area contributed by atoms with Crippen LogP contribution in [0.4, 0.5) is 0 Å². The predicted molar refractivity (Wildman–Crippen MR) is 81.2 cm³/mol.